The molecule has 1 N–H and O–H groups in total. The molecule has 0 bridgehead atoms. The quantitative estimate of drug-likeness (QED) is 0.442. The smallest absolute Gasteiger partial charge is 0.0572 e. The van der Waals surface area contributed by atoms with Gasteiger partial charge in [0, 0.05) is 6.54 Å². The van der Waals surface area contributed by atoms with E-state index in [1.54, 1.807) is 7.11 Å². The first-order valence-corrected chi connectivity index (χ1v) is 4.33. The Labute approximate surface area is 69.7 Å². The highest BCUT2D eigenvalue weighted by Gasteiger charge is 1.96. The molecule has 0 aromatic rings. The van der Waals surface area contributed by atoms with Gasteiger partial charge in [-0.05, 0) is 26.1 Å². The van der Waals surface area contributed by atoms with Crippen LogP contribution in [-0.2, 0) is 4.84 Å². The summed E-state index contributed by atoms with van der Waals surface area (Å²) in [5.41, 5.74) is 2.83. The molecule has 0 atom stereocenters. The summed E-state index contributed by atoms with van der Waals surface area (Å²) in [4.78, 5) is 7.12. The highest BCUT2D eigenvalue weighted by Crippen LogP contribution is 1.88. The number of hydroxylamine groups is 1. The lowest BCUT2D eigenvalue weighted by molar-refractivity contribution is 0.0883. The van der Waals surface area contributed by atoms with Crippen LogP contribution in [0.5, 0.6) is 0 Å². The molecule has 0 fully saturated rings. The number of rotatable bonds is 7. The van der Waals surface area contributed by atoms with Crippen LogP contribution < -0.4 is 5.48 Å². The van der Waals surface area contributed by atoms with Gasteiger partial charge in [-0.2, -0.15) is 0 Å². The lowest BCUT2D eigenvalue weighted by Gasteiger charge is -2.17. The normalized spacial score (nSPS) is 10.9. The van der Waals surface area contributed by atoms with Crippen LogP contribution in [0.1, 0.15) is 20.3 Å². The third-order valence-corrected chi connectivity index (χ3v) is 1.79. The Morgan fingerprint density at radius 1 is 1.27 bits per heavy atom. The molecular formula is C8H20N2O. The van der Waals surface area contributed by atoms with Crippen molar-refractivity contribution in [1.82, 2.24) is 10.4 Å². The summed E-state index contributed by atoms with van der Waals surface area (Å²) >= 11 is 0. The van der Waals surface area contributed by atoms with E-state index in [2.05, 4.69) is 24.2 Å². The third-order valence-electron chi connectivity index (χ3n) is 1.79. The van der Waals surface area contributed by atoms with Crippen LogP contribution in [0.25, 0.3) is 0 Å². The van der Waals surface area contributed by atoms with Gasteiger partial charge in [-0.25, -0.2) is 5.48 Å². The van der Waals surface area contributed by atoms with Gasteiger partial charge in [-0.1, -0.05) is 13.8 Å². The molecular weight excluding hydrogens is 140 g/mol. The molecule has 0 aromatic carbocycles. The van der Waals surface area contributed by atoms with E-state index in [4.69, 9.17) is 4.84 Å². The van der Waals surface area contributed by atoms with Gasteiger partial charge in [0.1, 0.15) is 0 Å². The average Bonchev–Trinajstić information content (AvgIpc) is 2.05. The molecule has 0 amide bonds. The second-order valence-corrected chi connectivity index (χ2v) is 2.48. The lowest BCUT2D eigenvalue weighted by atomic mass is 10.4. The van der Waals surface area contributed by atoms with Crippen LogP contribution in [0.3, 0.4) is 0 Å². The molecule has 0 radical (unpaired) electrons. The van der Waals surface area contributed by atoms with Crippen LogP contribution >= 0.6 is 0 Å². The Balaban J connectivity index is 3.07. The van der Waals surface area contributed by atoms with Crippen molar-refractivity contribution in [2.45, 2.75) is 20.3 Å². The minimum absolute atomic E-state index is 0.938. The van der Waals surface area contributed by atoms with Gasteiger partial charge < -0.3 is 9.74 Å². The highest BCUT2D eigenvalue weighted by atomic mass is 16.6. The summed E-state index contributed by atoms with van der Waals surface area (Å²) in [5, 5.41) is 0. The van der Waals surface area contributed by atoms with Crippen LogP contribution in [0, 0.1) is 0 Å². The summed E-state index contributed by atoms with van der Waals surface area (Å²) in [6, 6.07) is 0. The molecule has 0 rings (SSSR count). The van der Waals surface area contributed by atoms with E-state index in [0.29, 0.717) is 0 Å². The minimum Gasteiger partial charge on any atom is -0.305 e. The summed E-state index contributed by atoms with van der Waals surface area (Å²) in [6.45, 7) is 8.75. The van der Waals surface area contributed by atoms with Gasteiger partial charge in [0.15, 0.2) is 0 Å². The van der Waals surface area contributed by atoms with E-state index >= 15 is 0 Å². The first kappa shape index (κ1) is 10.9. The Bertz CT molecular complexity index is 74.5. The van der Waals surface area contributed by atoms with Gasteiger partial charge in [0.2, 0.25) is 0 Å². The van der Waals surface area contributed by atoms with Gasteiger partial charge in [0.05, 0.1) is 7.11 Å². The van der Waals surface area contributed by atoms with Gasteiger partial charge in [0.25, 0.3) is 0 Å². The van der Waals surface area contributed by atoms with E-state index in [0.717, 1.165) is 32.6 Å². The Kier molecular flexibility index (Phi) is 7.89. The molecule has 0 saturated heterocycles. The van der Waals surface area contributed by atoms with Crippen molar-refractivity contribution in [3.8, 4) is 0 Å². The minimum atomic E-state index is 0.938. The molecule has 3 heteroatoms. The van der Waals surface area contributed by atoms with E-state index < -0.39 is 0 Å². The second kappa shape index (κ2) is 7.98. The molecule has 0 aliphatic heterocycles. The summed E-state index contributed by atoms with van der Waals surface area (Å²) in [5.74, 6) is 0. The van der Waals surface area contributed by atoms with Crippen LogP contribution in [0.4, 0.5) is 0 Å². The van der Waals surface area contributed by atoms with Crippen molar-refractivity contribution in [1.29, 1.82) is 0 Å². The molecule has 0 aliphatic rings. The van der Waals surface area contributed by atoms with E-state index in [1.807, 2.05) is 0 Å². The van der Waals surface area contributed by atoms with Crippen molar-refractivity contribution in [2.75, 3.05) is 33.3 Å². The Morgan fingerprint density at radius 2 is 1.91 bits per heavy atom. The Morgan fingerprint density at radius 3 is 2.36 bits per heavy atom. The summed E-state index contributed by atoms with van der Waals surface area (Å²) in [6.07, 6.45) is 1.15. The molecule has 0 aliphatic carbocycles. The van der Waals surface area contributed by atoms with E-state index in [-0.39, 0.29) is 0 Å². The third kappa shape index (κ3) is 6.28. The van der Waals surface area contributed by atoms with Crippen molar-refractivity contribution < 1.29 is 4.84 Å². The van der Waals surface area contributed by atoms with Gasteiger partial charge >= 0.3 is 0 Å². The predicted octanol–water partition coefficient (Wildman–Crippen LogP) is 0.869. The summed E-state index contributed by atoms with van der Waals surface area (Å²) < 4.78 is 0. The molecule has 0 saturated carbocycles. The topological polar surface area (TPSA) is 24.5 Å². The average molecular weight is 160 g/mol. The Hall–Kier alpha value is -0.120. The van der Waals surface area contributed by atoms with E-state index in [9.17, 15) is 0 Å². The fraction of sp³-hybridized carbons (Fsp3) is 1.00. The number of hydrogen-bond acceptors (Lipinski definition) is 3. The molecule has 68 valence electrons. The molecule has 0 heterocycles. The van der Waals surface area contributed by atoms with Crippen molar-refractivity contribution >= 4 is 0 Å². The standard InChI is InChI=1S/C8H20N2O/c1-4-10(5-2)8-6-7-9-11-3/h9H,4-8H2,1-3H3. The molecule has 0 aromatic heterocycles. The monoisotopic (exact) mass is 160 g/mol. The van der Waals surface area contributed by atoms with Gasteiger partial charge in [-0.15, -0.1) is 0 Å². The molecule has 0 unspecified atom stereocenters. The molecule has 11 heavy (non-hydrogen) atoms. The zero-order valence-electron chi connectivity index (χ0n) is 7.89. The van der Waals surface area contributed by atoms with Crippen molar-refractivity contribution in [3.63, 3.8) is 0 Å². The lowest BCUT2D eigenvalue weighted by Crippen LogP contribution is -2.26. The maximum Gasteiger partial charge on any atom is 0.0572 e. The summed E-state index contributed by atoms with van der Waals surface area (Å²) in [7, 11) is 1.65. The zero-order chi connectivity index (χ0) is 8.53. The SMILES string of the molecule is CCN(CC)CCCNOC. The first-order chi connectivity index (χ1) is 5.35. The second-order valence-electron chi connectivity index (χ2n) is 2.48. The van der Waals surface area contributed by atoms with Gasteiger partial charge in [-0.3, -0.25) is 0 Å². The fourth-order valence-electron chi connectivity index (χ4n) is 1.02. The van der Waals surface area contributed by atoms with Crippen molar-refractivity contribution in [2.24, 2.45) is 0 Å². The highest BCUT2D eigenvalue weighted by molar-refractivity contribution is 4.51. The maximum atomic E-state index is 4.72. The van der Waals surface area contributed by atoms with Crippen LogP contribution in [0.15, 0.2) is 0 Å². The zero-order valence-corrected chi connectivity index (χ0v) is 7.89. The molecule has 0 spiro atoms. The van der Waals surface area contributed by atoms with Crippen molar-refractivity contribution in [3.05, 3.63) is 0 Å². The van der Waals surface area contributed by atoms with Crippen LogP contribution in [0.2, 0.25) is 0 Å². The first-order valence-electron chi connectivity index (χ1n) is 4.33. The van der Waals surface area contributed by atoms with E-state index in [1.165, 1.54) is 0 Å². The number of nitrogens with one attached hydrogen (secondary N) is 1. The predicted molar refractivity (Wildman–Crippen MR) is 47.4 cm³/mol. The number of hydrogen-bond donors (Lipinski definition) is 1. The number of nitrogens with zero attached hydrogens (tertiary/aromatic N) is 1. The van der Waals surface area contributed by atoms with Crippen LogP contribution in [-0.4, -0.2) is 38.2 Å². The molecule has 3 nitrogen and oxygen atoms in total. The maximum absolute atomic E-state index is 4.72. The largest absolute Gasteiger partial charge is 0.305 e. The fourth-order valence-corrected chi connectivity index (χ4v) is 1.02.